The second-order valence-corrected chi connectivity index (χ2v) is 4.92. The first-order chi connectivity index (χ1) is 10.4. The predicted molar refractivity (Wildman–Crippen MR) is 95.9 cm³/mol. The number of ketones is 1. The van der Waals surface area contributed by atoms with Gasteiger partial charge in [0.2, 0.25) is 0 Å². The van der Waals surface area contributed by atoms with E-state index in [1.54, 1.807) is 24.3 Å². The SMILES string of the molecule is C=C/C=C\C(=C/C=C)c1ccc(C(=O)C(C)(C)O)cc1.CC. The van der Waals surface area contributed by atoms with Gasteiger partial charge in [-0.1, -0.05) is 81.7 Å². The minimum atomic E-state index is -1.36. The first-order valence-electron chi connectivity index (χ1n) is 7.39. The lowest BCUT2D eigenvalue weighted by molar-refractivity contribution is 0.0488. The van der Waals surface area contributed by atoms with Crippen LogP contribution in [0.3, 0.4) is 0 Å². The number of allylic oxidation sites excluding steroid dienone is 6. The Hall–Kier alpha value is -2.19. The van der Waals surface area contributed by atoms with E-state index in [2.05, 4.69) is 13.2 Å². The van der Waals surface area contributed by atoms with E-state index >= 15 is 0 Å². The summed E-state index contributed by atoms with van der Waals surface area (Å²) < 4.78 is 0. The number of rotatable bonds is 6. The molecule has 0 radical (unpaired) electrons. The molecule has 1 N–H and O–H groups in total. The summed E-state index contributed by atoms with van der Waals surface area (Å²) in [7, 11) is 0. The van der Waals surface area contributed by atoms with Crippen molar-refractivity contribution in [1.29, 1.82) is 0 Å². The molecule has 0 aliphatic heterocycles. The molecule has 1 aromatic rings. The van der Waals surface area contributed by atoms with Gasteiger partial charge in [-0.05, 0) is 25.0 Å². The molecule has 118 valence electrons. The maximum Gasteiger partial charge on any atom is 0.193 e. The number of hydrogen-bond acceptors (Lipinski definition) is 2. The van der Waals surface area contributed by atoms with Crippen molar-refractivity contribution in [3.8, 4) is 0 Å². The molecule has 0 amide bonds. The van der Waals surface area contributed by atoms with Crippen molar-refractivity contribution < 1.29 is 9.90 Å². The summed E-state index contributed by atoms with van der Waals surface area (Å²) in [6.45, 7) is 14.3. The van der Waals surface area contributed by atoms with Crippen molar-refractivity contribution in [2.45, 2.75) is 33.3 Å². The van der Waals surface area contributed by atoms with Crippen LogP contribution in [0.4, 0.5) is 0 Å². The maximum atomic E-state index is 11.9. The predicted octanol–water partition coefficient (Wildman–Crippen LogP) is 4.98. The Morgan fingerprint density at radius 2 is 1.55 bits per heavy atom. The van der Waals surface area contributed by atoms with E-state index in [1.807, 2.05) is 44.2 Å². The number of carbonyl (C=O) groups excluding carboxylic acids is 1. The van der Waals surface area contributed by atoms with Gasteiger partial charge in [-0.15, -0.1) is 0 Å². The summed E-state index contributed by atoms with van der Waals surface area (Å²) in [5, 5.41) is 9.72. The van der Waals surface area contributed by atoms with Crippen molar-refractivity contribution in [1.82, 2.24) is 0 Å². The highest BCUT2D eigenvalue weighted by Gasteiger charge is 2.24. The van der Waals surface area contributed by atoms with E-state index < -0.39 is 5.60 Å². The van der Waals surface area contributed by atoms with Gasteiger partial charge in [0.05, 0.1) is 0 Å². The van der Waals surface area contributed by atoms with Crippen molar-refractivity contribution in [2.24, 2.45) is 0 Å². The van der Waals surface area contributed by atoms with Crippen LogP contribution in [0.2, 0.25) is 0 Å². The van der Waals surface area contributed by atoms with Crippen molar-refractivity contribution in [2.75, 3.05) is 0 Å². The van der Waals surface area contributed by atoms with Crippen molar-refractivity contribution in [3.05, 3.63) is 78.9 Å². The van der Waals surface area contributed by atoms with Gasteiger partial charge >= 0.3 is 0 Å². The minimum Gasteiger partial charge on any atom is -0.382 e. The molecule has 1 aromatic carbocycles. The summed E-state index contributed by atoms with van der Waals surface area (Å²) in [6, 6.07) is 7.13. The molecule has 0 aromatic heterocycles. The molecule has 0 saturated carbocycles. The molecular weight excluding hydrogens is 272 g/mol. The van der Waals surface area contributed by atoms with Gasteiger partial charge in [-0.2, -0.15) is 0 Å². The van der Waals surface area contributed by atoms with E-state index in [0.717, 1.165) is 11.1 Å². The molecular formula is C20H26O2. The molecule has 0 aliphatic carbocycles. The van der Waals surface area contributed by atoms with Crippen molar-refractivity contribution in [3.63, 3.8) is 0 Å². The van der Waals surface area contributed by atoms with Crippen LogP contribution >= 0.6 is 0 Å². The molecule has 0 spiro atoms. The van der Waals surface area contributed by atoms with Crippen LogP contribution in [0.25, 0.3) is 5.57 Å². The fraction of sp³-hybridized carbons (Fsp3) is 0.250. The lowest BCUT2D eigenvalue weighted by Gasteiger charge is -2.15. The summed E-state index contributed by atoms with van der Waals surface area (Å²) in [5.41, 5.74) is 1.08. The van der Waals surface area contributed by atoms with Crippen LogP contribution in [0.1, 0.15) is 43.6 Å². The molecule has 0 heterocycles. The van der Waals surface area contributed by atoms with Gasteiger partial charge in [-0.3, -0.25) is 4.79 Å². The Morgan fingerprint density at radius 1 is 1.05 bits per heavy atom. The molecule has 0 atom stereocenters. The zero-order chi connectivity index (χ0) is 17.2. The van der Waals surface area contributed by atoms with E-state index in [-0.39, 0.29) is 5.78 Å². The Bertz CT molecular complexity index is 552. The first kappa shape index (κ1) is 19.8. The summed E-state index contributed by atoms with van der Waals surface area (Å²) in [4.78, 5) is 11.9. The molecule has 0 aliphatic rings. The molecule has 2 heteroatoms. The maximum absolute atomic E-state index is 11.9. The van der Waals surface area contributed by atoms with Gasteiger partial charge in [0.15, 0.2) is 5.78 Å². The monoisotopic (exact) mass is 298 g/mol. The quantitative estimate of drug-likeness (QED) is 0.594. The highest BCUT2D eigenvalue weighted by Crippen LogP contribution is 2.19. The molecule has 22 heavy (non-hydrogen) atoms. The molecule has 0 saturated heterocycles. The lowest BCUT2D eigenvalue weighted by atomic mass is 9.95. The number of benzene rings is 1. The van der Waals surface area contributed by atoms with E-state index in [4.69, 9.17) is 0 Å². The van der Waals surface area contributed by atoms with Gasteiger partial charge < -0.3 is 5.11 Å². The summed E-state index contributed by atoms with van der Waals surface area (Å²) in [6.07, 6.45) is 9.04. The van der Waals surface area contributed by atoms with Crippen LogP contribution < -0.4 is 0 Å². The van der Waals surface area contributed by atoms with E-state index in [9.17, 15) is 9.90 Å². The normalized spacial score (nSPS) is 11.6. The van der Waals surface area contributed by atoms with E-state index in [0.29, 0.717) is 5.56 Å². The Labute approximate surface area is 134 Å². The second-order valence-electron chi connectivity index (χ2n) is 4.92. The number of Topliss-reactive ketones (excluding diaryl/α,β-unsaturated/α-hetero) is 1. The standard InChI is InChI=1S/C18H20O2.C2H6/c1-5-7-9-14(8-6-2)15-10-12-16(13-11-15)17(19)18(3,4)20;1-2/h5-13,20H,1-2H2,3-4H3;1-2H3/b9-7-,14-8+;. The van der Waals surface area contributed by atoms with Gasteiger partial charge in [0.1, 0.15) is 5.60 Å². The van der Waals surface area contributed by atoms with Crippen LogP contribution in [-0.4, -0.2) is 16.5 Å². The Morgan fingerprint density at radius 3 is 1.95 bits per heavy atom. The van der Waals surface area contributed by atoms with Gasteiger partial charge in [0, 0.05) is 5.56 Å². The molecule has 0 bridgehead atoms. The highest BCUT2D eigenvalue weighted by atomic mass is 16.3. The smallest absolute Gasteiger partial charge is 0.193 e. The van der Waals surface area contributed by atoms with Crippen LogP contribution in [0, 0.1) is 0 Å². The number of hydrogen-bond donors (Lipinski definition) is 1. The van der Waals surface area contributed by atoms with E-state index in [1.165, 1.54) is 13.8 Å². The average molecular weight is 298 g/mol. The molecule has 2 nitrogen and oxygen atoms in total. The zero-order valence-corrected chi connectivity index (χ0v) is 14.0. The third-order valence-electron chi connectivity index (χ3n) is 2.75. The zero-order valence-electron chi connectivity index (χ0n) is 14.0. The number of carbonyl (C=O) groups is 1. The van der Waals surface area contributed by atoms with Crippen LogP contribution in [-0.2, 0) is 0 Å². The fourth-order valence-electron chi connectivity index (χ4n) is 1.71. The molecule has 1 rings (SSSR count). The van der Waals surface area contributed by atoms with Gasteiger partial charge in [-0.25, -0.2) is 0 Å². The largest absolute Gasteiger partial charge is 0.382 e. The Balaban J connectivity index is 0.00000211. The summed E-state index contributed by atoms with van der Waals surface area (Å²) in [5.74, 6) is -0.292. The number of aliphatic hydroxyl groups is 1. The van der Waals surface area contributed by atoms with Gasteiger partial charge in [0.25, 0.3) is 0 Å². The fourth-order valence-corrected chi connectivity index (χ4v) is 1.71. The third-order valence-corrected chi connectivity index (χ3v) is 2.75. The van der Waals surface area contributed by atoms with Crippen LogP contribution in [0.15, 0.2) is 67.8 Å². The average Bonchev–Trinajstić information content (AvgIpc) is 2.52. The van der Waals surface area contributed by atoms with Crippen LogP contribution in [0.5, 0.6) is 0 Å². The summed E-state index contributed by atoms with van der Waals surface area (Å²) >= 11 is 0. The Kier molecular flexibility index (Phi) is 8.73. The minimum absolute atomic E-state index is 0.292. The highest BCUT2D eigenvalue weighted by molar-refractivity contribution is 6.02. The first-order valence-corrected chi connectivity index (χ1v) is 7.39. The molecule has 0 unspecified atom stereocenters. The third kappa shape index (κ3) is 6.06. The topological polar surface area (TPSA) is 37.3 Å². The molecule has 0 fully saturated rings. The second kappa shape index (κ2) is 9.69. The lowest BCUT2D eigenvalue weighted by Crippen LogP contribution is -2.30. The van der Waals surface area contributed by atoms with Crippen molar-refractivity contribution >= 4 is 11.4 Å².